The molecular formula is C23H22FN3O2S. The van der Waals surface area contributed by atoms with E-state index in [1.165, 1.54) is 12.1 Å². The van der Waals surface area contributed by atoms with Crippen LogP contribution in [0.15, 0.2) is 66.0 Å². The molecule has 1 aliphatic heterocycles. The molecule has 5 nitrogen and oxygen atoms in total. The van der Waals surface area contributed by atoms with Gasteiger partial charge in [0.15, 0.2) is 0 Å². The van der Waals surface area contributed by atoms with Crippen LogP contribution in [0.3, 0.4) is 0 Å². The van der Waals surface area contributed by atoms with Crippen molar-refractivity contribution in [2.24, 2.45) is 0 Å². The van der Waals surface area contributed by atoms with Gasteiger partial charge in [0.2, 0.25) is 11.8 Å². The molecule has 30 heavy (non-hydrogen) atoms. The number of carbonyl (C=O) groups is 2. The lowest BCUT2D eigenvalue weighted by atomic mass is 10.1. The smallest absolute Gasteiger partial charge is 0.238 e. The Balaban J connectivity index is 1.38. The maximum atomic E-state index is 13.3. The lowest BCUT2D eigenvalue weighted by molar-refractivity contribution is -0.117. The minimum absolute atomic E-state index is 0.103. The van der Waals surface area contributed by atoms with Crippen LogP contribution < -0.4 is 15.5 Å². The third-order valence-corrected chi connectivity index (χ3v) is 5.97. The van der Waals surface area contributed by atoms with E-state index in [0.29, 0.717) is 12.1 Å². The van der Waals surface area contributed by atoms with Gasteiger partial charge >= 0.3 is 0 Å². The number of nitrogens with zero attached hydrogens (tertiary/aromatic N) is 1. The van der Waals surface area contributed by atoms with Gasteiger partial charge < -0.3 is 10.2 Å². The summed E-state index contributed by atoms with van der Waals surface area (Å²) in [5, 5.41) is 8.11. The molecule has 7 heteroatoms. The highest BCUT2D eigenvalue weighted by Crippen LogP contribution is 2.26. The molecule has 0 spiro atoms. The second-order valence-electron chi connectivity index (χ2n) is 7.12. The van der Waals surface area contributed by atoms with Gasteiger partial charge in [-0.3, -0.25) is 14.9 Å². The number of carbonyl (C=O) groups excluding carboxylic acids is 2. The Bertz CT molecular complexity index is 1000. The fourth-order valence-corrected chi connectivity index (χ4v) is 4.37. The van der Waals surface area contributed by atoms with Gasteiger partial charge in [-0.15, -0.1) is 11.3 Å². The van der Waals surface area contributed by atoms with Gasteiger partial charge in [-0.2, -0.15) is 0 Å². The molecule has 0 unspecified atom stereocenters. The second-order valence-corrected chi connectivity index (χ2v) is 8.10. The monoisotopic (exact) mass is 423 g/mol. The molecule has 3 aromatic rings. The zero-order valence-electron chi connectivity index (χ0n) is 16.3. The van der Waals surface area contributed by atoms with Gasteiger partial charge in [-0.1, -0.05) is 18.2 Å². The number of halogens is 1. The van der Waals surface area contributed by atoms with Crippen LogP contribution in [-0.2, 0) is 9.59 Å². The first-order valence-corrected chi connectivity index (χ1v) is 10.7. The molecule has 1 atom stereocenters. The quantitative estimate of drug-likeness (QED) is 0.595. The average Bonchev–Trinajstić information content (AvgIpc) is 3.42. The molecule has 4 rings (SSSR count). The van der Waals surface area contributed by atoms with E-state index in [2.05, 4.69) is 10.6 Å². The van der Waals surface area contributed by atoms with E-state index in [4.69, 9.17) is 0 Å². The Labute approximate surface area is 178 Å². The fourth-order valence-electron chi connectivity index (χ4n) is 3.54. The maximum absolute atomic E-state index is 13.3. The summed E-state index contributed by atoms with van der Waals surface area (Å²) >= 11 is 1.58. The summed E-state index contributed by atoms with van der Waals surface area (Å²) in [6.45, 7) is 0.842. The van der Waals surface area contributed by atoms with Crippen molar-refractivity contribution in [2.75, 3.05) is 23.3 Å². The van der Waals surface area contributed by atoms with Crippen molar-refractivity contribution in [3.8, 4) is 0 Å². The largest absolute Gasteiger partial charge is 0.325 e. The topological polar surface area (TPSA) is 61.4 Å². The van der Waals surface area contributed by atoms with Crippen LogP contribution in [0.1, 0.15) is 29.3 Å². The van der Waals surface area contributed by atoms with Crippen molar-refractivity contribution in [1.29, 1.82) is 0 Å². The van der Waals surface area contributed by atoms with E-state index in [1.807, 2.05) is 29.6 Å². The summed E-state index contributed by atoms with van der Waals surface area (Å²) in [5.41, 5.74) is 2.42. The minimum Gasteiger partial charge on any atom is -0.325 e. The van der Waals surface area contributed by atoms with Gasteiger partial charge in [-0.05, 0) is 59.8 Å². The lowest BCUT2D eigenvalue weighted by Crippen LogP contribution is -2.31. The van der Waals surface area contributed by atoms with Crippen molar-refractivity contribution < 1.29 is 14.0 Å². The molecule has 1 aromatic heterocycles. The second kappa shape index (κ2) is 9.19. The number of hydrogen-bond acceptors (Lipinski definition) is 4. The predicted octanol–water partition coefficient (Wildman–Crippen LogP) is 4.33. The Hall–Kier alpha value is -3.03. The van der Waals surface area contributed by atoms with Gasteiger partial charge in [0.05, 0.1) is 12.6 Å². The van der Waals surface area contributed by atoms with E-state index >= 15 is 0 Å². The van der Waals surface area contributed by atoms with Crippen molar-refractivity contribution in [2.45, 2.75) is 18.9 Å². The molecule has 0 bridgehead atoms. The number of amides is 2. The molecule has 2 amide bonds. The van der Waals surface area contributed by atoms with Gasteiger partial charge in [0.1, 0.15) is 5.82 Å². The number of hydrogen-bond donors (Lipinski definition) is 2. The summed E-state index contributed by atoms with van der Waals surface area (Å²) in [5.74, 6) is -0.333. The summed E-state index contributed by atoms with van der Waals surface area (Å²) in [6.07, 6.45) is 1.46. The first-order valence-electron chi connectivity index (χ1n) is 9.83. The van der Waals surface area contributed by atoms with Crippen molar-refractivity contribution in [3.05, 3.63) is 82.3 Å². The van der Waals surface area contributed by atoms with E-state index in [9.17, 15) is 14.0 Å². The lowest BCUT2D eigenvalue weighted by Gasteiger charge is -2.18. The molecule has 2 heterocycles. The first-order chi connectivity index (χ1) is 14.6. The number of thiophene rings is 1. The standard InChI is InChI=1S/C23H22FN3O2S/c24-17-7-5-16(6-8-17)23(20-3-2-14-30-20)25-15-21(28)26-18-9-11-19(12-10-18)27-13-1-4-22(27)29/h2-3,5-12,14,23,25H,1,4,13,15H2,(H,26,28)/t23-/m0/s1. The molecule has 1 saturated heterocycles. The van der Waals surface area contributed by atoms with Crippen LogP contribution in [0.5, 0.6) is 0 Å². The molecule has 0 aliphatic carbocycles. The Morgan fingerprint density at radius 2 is 1.87 bits per heavy atom. The maximum Gasteiger partial charge on any atom is 0.238 e. The predicted molar refractivity (Wildman–Crippen MR) is 117 cm³/mol. The van der Waals surface area contributed by atoms with Crippen molar-refractivity contribution in [1.82, 2.24) is 5.32 Å². The highest BCUT2D eigenvalue weighted by Gasteiger charge is 2.21. The van der Waals surface area contributed by atoms with E-state index in [1.54, 1.807) is 40.5 Å². The van der Waals surface area contributed by atoms with Gasteiger partial charge in [0, 0.05) is 29.2 Å². The van der Waals surface area contributed by atoms with Crippen molar-refractivity contribution >= 4 is 34.5 Å². The van der Waals surface area contributed by atoms with Crippen molar-refractivity contribution in [3.63, 3.8) is 0 Å². The summed E-state index contributed by atoms with van der Waals surface area (Å²) < 4.78 is 13.3. The van der Waals surface area contributed by atoms with Crippen LogP contribution in [0.25, 0.3) is 0 Å². The van der Waals surface area contributed by atoms with Crippen LogP contribution in [-0.4, -0.2) is 24.9 Å². The molecule has 2 N–H and O–H groups in total. The Morgan fingerprint density at radius 1 is 1.10 bits per heavy atom. The molecule has 1 fully saturated rings. The number of anilines is 2. The highest BCUT2D eigenvalue weighted by molar-refractivity contribution is 7.10. The number of rotatable bonds is 7. The van der Waals surface area contributed by atoms with Crippen LogP contribution in [0.4, 0.5) is 15.8 Å². The third kappa shape index (κ3) is 4.75. The molecular weight excluding hydrogens is 401 g/mol. The first kappa shape index (κ1) is 20.3. The summed E-state index contributed by atoms with van der Waals surface area (Å²) in [7, 11) is 0. The molecule has 2 aromatic carbocycles. The van der Waals surface area contributed by atoms with E-state index in [-0.39, 0.29) is 30.2 Å². The van der Waals surface area contributed by atoms with Crippen LogP contribution >= 0.6 is 11.3 Å². The summed E-state index contributed by atoms with van der Waals surface area (Å²) in [6, 6.07) is 17.3. The highest BCUT2D eigenvalue weighted by atomic mass is 32.1. The molecule has 154 valence electrons. The average molecular weight is 424 g/mol. The van der Waals surface area contributed by atoms with Crippen LogP contribution in [0.2, 0.25) is 0 Å². The zero-order chi connectivity index (χ0) is 20.9. The molecule has 0 saturated carbocycles. The Kier molecular flexibility index (Phi) is 6.21. The minimum atomic E-state index is -0.291. The van der Waals surface area contributed by atoms with Gasteiger partial charge in [0.25, 0.3) is 0 Å². The Morgan fingerprint density at radius 3 is 2.50 bits per heavy atom. The van der Waals surface area contributed by atoms with E-state index < -0.39 is 0 Å². The van der Waals surface area contributed by atoms with E-state index in [0.717, 1.165) is 29.1 Å². The third-order valence-electron chi connectivity index (χ3n) is 5.03. The molecule has 1 aliphatic rings. The number of benzene rings is 2. The molecule has 0 radical (unpaired) electrons. The van der Waals surface area contributed by atoms with Crippen LogP contribution in [0, 0.1) is 5.82 Å². The summed E-state index contributed by atoms with van der Waals surface area (Å²) in [4.78, 5) is 27.1. The number of nitrogens with one attached hydrogen (secondary N) is 2. The zero-order valence-corrected chi connectivity index (χ0v) is 17.1. The fraction of sp³-hybridized carbons (Fsp3) is 0.217. The SMILES string of the molecule is O=C(CN[C@@H](c1ccc(F)cc1)c1cccs1)Nc1ccc(N2CCCC2=O)cc1. The van der Waals surface area contributed by atoms with Gasteiger partial charge in [-0.25, -0.2) is 4.39 Å². The normalized spacial score (nSPS) is 14.7.